The first kappa shape index (κ1) is 43.4. The van der Waals surface area contributed by atoms with Crippen molar-refractivity contribution in [1.29, 1.82) is 0 Å². The molecule has 0 heterocycles. The first-order valence-electron chi connectivity index (χ1n) is 15.7. The van der Waals surface area contributed by atoms with Crippen LogP contribution >= 0.6 is 0 Å². The van der Waals surface area contributed by atoms with E-state index in [0.29, 0.717) is 38.4 Å². The summed E-state index contributed by atoms with van der Waals surface area (Å²) < 4.78 is 115. The number of benzene rings is 6. The molecule has 0 aliphatic carbocycles. The zero-order valence-electron chi connectivity index (χ0n) is 29.5. The Kier molecular flexibility index (Phi) is 16.0. The van der Waals surface area contributed by atoms with Crippen molar-refractivity contribution >= 4 is 62.7 Å². The minimum atomic E-state index is -4.63. The molecule has 15 heteroatoms. The Labute approximate surface area is 304 Å². The van der Waals surface area contributed by atoms with Gasteiger partial charge in [-0.25, -0.2) is 25.3 Å². The number of rotatable bonds is 6. The minimum Gasteiger partial charge on any atom is -0.744 e. The Balaban J connectivity index is 0.000000259. The summed E-state index contributed by atoms with van der Waals surface area (Å²) in [6.07, 6.45) is 0. The third kappa shape index (κ3) is 10.6. The summed E-state index contributed by atoms with van der Waals surface area (Å²) in [6.45, 7) is 8.00. The molecular weight excluding hydrogens is 733 g/mol. The van der Waals surface area contributed by atoms with Crippen molar-refractivity contribution in [3.63, 3.8) is 0 Å². The second kappa shape index (κ2) is 19.2. The van der Waals surface area contributed by atoms with Crippen LogP contribution in [0.25, 0.3) is 32.3 Å². The van der Waals surface area contributed by atoms with Gasteiger partial charge in [-0.15, -0.1) is 0 Å². The lowest BCUT2D eigenvalue weighted by Crippen LogP contribution is -2.04. The van der Waals surface area contributed by atoms with Crippen molar-refractivity contribution in [3.05, 3.63) is 109 Å². The molecule has 280 valence electrons. The van der Waals surface area contributed by atoms with Crippen molar-refractivity contribution in [2.75, 3.05) is 21.3 Å². The molecule has 0 unspecified atom stereocenters. The van der Waals surface area contributed by atoms with Crippen molar-refractivity contribution in [2.24, 2.45) is 0 Å². The standard InChI is InChI=1S/C12H12O5S.C11H10O4S.C10H8O3S.2C2H6/c1-16-10-7-11(17-2)12(18(13,14)15)9-6-4-3-5-8(9)10;1-15-10-6-7-11(16(12,13)14)9-5-3-2-4-8(9)10;11-14(12,13)10-7-3-5-8-4-1-2-6-9(8)10;2*1-2/h3-7H,1-2H3,(H,13,14,15);2-7H,1H3,(H,12,13,14);1-7H,(H,11,12,13);2*1-2H3/p-3. The minimum absolute atomic E-state index is 0.0134. The highest BCUT2D eigenvalue weighted by Gasteiger charge is 2.18. The highest BCUT2D eigenvalue weighted by atomic mass is 32.2. The van der Waals surface area contributed by atoms with E-state index in [0.717, 1.165) is 5.39 Å². The normalized spacial score (nSPS) is 11.0. The van der Waals surface area contributed by atoms with Crippen LogP contribution in [0.15, 0.2) is 124 Å². The summed E-state index contributed by atoms with van der Waals surface area (Å²) in [5.41, 5.74) is 0. The summed E-state index contributed by atoms with van der Waals surface area (Å²) in [6, 6.07) is 29.0. The third-order valence-corrected chi connectivity index (χ3v) is 9.68. The van der Waals surface area contributed by atoms with E-state index in [4.69, 9.17) is 14.2 Å². The molecule has 0 amide bonds. The van der Waals surface area contributed by atoms with E-state index >= 15 is 0 Å². The molecule has 0 aromatic heterocycles. The van der Waals surface area contributed by atoms with E-state index in [-0.39, 0.29) is 20.4 Å². The molecule has 0 saturated carbocycles. The lowest BCUT2D eigenvalue weighted by Gasteiger charge is -2.17. The molecule has 0 bridgehead atoms. The van der Waals surface area contributed by atoms with Gasteiger partial charge in [0.1, 0.15) is 52.5 Å². The fourth-order valence-electron chi connectivity index (χ4n) is 4.92. The van der Waals surface area contributed by atoms with Gasteiger partial charge in [-0.1, -0.05) is 113 Å². The summed E-state index contributed by atoms with van der Waals surface area (Å²) >= 11 is 0. The lowest BCUT2D eigenvalue weighted by molar-refractivity contribution is 0.385. The summed E-state index contributed by atoms with van der Waals surface area (Å²) in [7, 11) is -9.21. The van der Waals surface area contributed by atoms with Crippen molar-refractivity contribution in [3.8, 4) is 17.2 Å². The summed E-state index contributed by atoms with van der Waals surface area (Å²) in [5.74, 6) is 0.985. The Hall–Kier alpha value is -4.77. The second-order valence-corrected chi connectivity index (χ2v) is 13.8. The van der Waals surface area contributed by atoms with Gasteiger partial charge < -0.3 is 27.9 Å². The maximum absolute atomic E-state index is 11.3. The van der Waals surface area contributed by atoms with Gasteiger partial charge in [0.05, 0.1) is 31.1 Å². The highest BCUT2D eigenvalue weighted by molar-refractivity contribution is 7.86. The molecule has 0 radical (unpaired) electrons. The molecule has 0 aliphatic rings. The van der Waals surface area contributed by atoms with Gasteiger partial charge >= 0.3 is 0 Å². The Morgan fingerprint density at radius 2 is 0.808 bits per heavy atom. The van der Waals surface area contributed by atoms with E-state index in [9.17, 15) is 38.9 Å². The van der Waals surface area contributed by atoms with Crippen molar-refractivity contribution in [2.45, 2.75) is 42.4 Å². The van der Waals surface area contributed by atoms with Crippen LogP contribution in [-0.4, -0.2) is 60.2 Å². The molecule has 12 nitrogen and oxygen atoms in total. The van der Waals surface area contributed by atoms with E-state index in [2.05, 4.69) is 0 Å². The van der Waals surface area contributed by atoms with Crippen LogP contribution in [0, 0.1) is 0 Å². The van der Waals surface area contributed by atoms with E-state index in [1.807, 2.05) is 27.7 Å². The molecule has 0 spiro atoms. The Morgan fingerprint density at radius 3 is 1.29 bits per heavy atom. The highest BCUT2D eigenvalue weighted by Crippen LogP contribution is 2.38. The smallest absolute Gasteiger partial charge is 0.140 e. The molecule has 0 N–H and O–H groups in total. The summed E-state index contributed by atoms with van der Waals surface area (Å²) in [5, 5.41) is 3.08. The van der Waals surface area contributed by atoms with Crippen LogP contribution in [0.3, 0.4) is 0 Å². The topological polar surface area (TPSA) is 199 Å². The van der Waals surface area contributed by atoms with E-state index in [1.54, 1.807) is 84.9 Å². The van der Waals surface area contributed by atoms with Crippen LogP contribution in [-0.2, 0) is 30.4 Å². The predicted octanol–water partition coefficient (Wildman–Crippen LogP) is 7.31. The molecule has 6 aromatic rings. The SMILES string of the molecule is CC.CC.COc1cc(OC)c2ccccc2c1S(=O)(=O)[O-].COc1ccc(S(=O)(=O)[O-])c2ccccc12.O=S(=O)([O-])c1cccc2ccccc12. The van der Waals surface area contributed by atoms with Crippen molar-refractivity contribution < 1.29 is 53.1 Å². The predicted molar refractivity (Wildman–Crippen MR) is 198 cm³/mol. The van der Waals surface area contributed by atoms with Crippen LogP contribution in [0.4, 0.5) is 0 Å². The van der Waals surface area contributed by atoms with E-state index in [1.165, 1.54) is 45.6 Å². The molecule has 6 aromatic carbocycles. The summed E-state index contributed by atoms with van der Waals surface area (Å²) in [4.78, 5) is -0.735. The van der Waals surface area contributed by atoms with Gasteiger partial charge in [-0.3, -0.25) is 0 Å². The second-order valence-electron chi connectivity index (χ2n) is 9.81. The molecule has 0 aliphatic heterocycles. The van der Waals surface area contributed by atoms with E-state index < -0.39 is 30.4 Å². The van der Waals surface area contributed by atoms with Gasteiger partial charge in [0, 0.05) is 27.6 Å². The van der Waals surface area contributed by atoms with Gasteiger partial charge in [-0.05, 0) is 29.0 Å². The number of hydrogen-bond acceptors (Lipinski definition) is 12. The molecule has 0 saturated heterocycles. The largest absolute Gasteiger partial charge is 0.744 e. The van der Waals surface area contributed by atoms with Gasteiger partial charge in [0.25, 0.3) is 0 Å². The van der Waals surface area contributed by atoms with Gasteiger partial charge in [-0.2, -0.15) is 0 Å². The maximum atomic E-state index is 11.3. The molecule has 0 atom stereocenters. The van der Waals surface area contributed by atoms with Crippen LogP contribution in [0.1, 0.15) is 27.7 Å². The fraction of sp³-hybridized carbons (Fsp3) is 0.189. The zero-order chi connectivity index (χ0) is 39.3. The van der Waals surface area contributed by atoms with Gasteiger partial charge in [0.2, 0.25) is 0 Å². The molecular formula is C37H39O12S3-3. The number of fused-ring (bicyclic) bond motifs is 3. The first-order chi connectivity index (χ1) is 24.6. The lowest BCUT2D eigenvalue weighted by atomic mass is 10.1. The number of ether oxygens (including phenoxy) is 3. The molecule has 6 rings (SSSR count). The van der Waals surface area contributed by atoms with Crippen LogP contribution in [0.2, 0.25) is 0 Å². The van der Waals surface area contributed by atoms with Gasteiger partial charge in [0.15, 0.2) is 0 Å². The van der Waals surface area contributed by atoms with Crippen LogP contribution < -0.4 is 14.2 Å². The Morgan fingerprint density at radius 1 is 0.404 bits per heavy atom. The molecule has 52 heavy (non-hydrogen) atoms. The fourth-order valence-corrected chi connectivity index (χ4v) is 7.14. The average molecular weight is 772 g/mol. The molecule has 0 fully saturated rings. The third-order valence-electron chi connectivity index (χ3n) is 6.97. The monoisotopic (exact) mass is 771 g/mol. The quantitative estimate of drug-likeness (QED) is 0.153. The average Bonchev–Trinajstić information content (AvgIpc) is 3.14. The number of hydrogen-bond donors (Lipinski definition) is 0. The van der Waals surface area contributed by atoms with Crippen molar-refractivity contribution in [1.82, 2.24) is 0 Å². The first-order valence-corrected chi connectivity index (χ1v) is 19.9. The Bertz CT molecular complexity index is 2440. The number of methoxy groups -OCH3 is 3. The van der Waals surface area contributed by atoms with Crippen LogP contribution in [0.5, 0.6) is 17.2 Å². The zero-order valence-corrected chi connectivity index (χ0v) is 32.0. The maximum Gasteiger partial charge on any atom is 0.140 e.